The van der Waals surface area contributed by atoms with Gasteiger partial charge in [0.1, 0.15) is 12.4 Å². The number of nitrogens with zero attached hydrogens (tertiary/aromatic N) is 1. The molecule has 7 nitrogen and oxygen atoms in total. The Balaban J connectivity index is 1.81. The summed E-state index contributed by atoms with van der Waals surface area (Å²) < 4.78 is 48.7. The van der Waals surface area contributed by atoms with Crippen molar-refractivity contribution in [3.63, 3.8) is 0 Å². The van der Waals surface area contributed by atoms with E-state index in [0.717, 1.165) is 15.8 Å². The van der Waals surface area contributed by atoms with Crippen molar-refractivity contribution in [3.8, 4) is 5.75 Å². The van der Waals surface area contributed by atoms with Crippen LogP contribution in [0.2, 0.25) is 0 Å². The second-order valence-electron chi connectivity index (χ2n) is 6.79. The summed E-state index contributed by atoms with van der Waals surface area (Å²) in [5, 5.41) is 3.79. The van der Waals surface area contributed by atoms with Gasteiger partial charge >= 0.3 is 0 Å². The van der Waals surface area contributed by atoms with Crippen LogP contribution >= 0.6 is 11.3 Å². The number of anilines is 2. The Bertz CT molecular complexity index is 1190. The number of nitrogens with one attached hydrogen (secondary N) is 1. The first-order valence-electron chi connectivity index (χ1n) is 9.65. The first-order chi connectivity index (χ1) is 14.9. The number of halogens is 1. The predicted octanol–water partition coefficient (Wildman–Crippen LogP) is 4.65. The van der Waals surface area contributed by atoms with Crippen molar-refractivity contribution in [2.24, 2.45) is 5.73 Å². The number of rotatable bonds is 10. The fourth-order valence-corrected chi connectivity index (χ4v) is 4.55. The molecule has 166 valence electrons. The van der Waals surface area contributed by atoms with Gasteiger partial charge in [0.15, 0.2) is 5.13 Å². The van der Waals surface area contributed by atoms with Crippen molar-refractivity contribution >= 4 is 42.5 Å². The number of benzene rings is 2. The Hall–Kier alpha value is -2.53. The lowest BCUT2D eigenvalue weighted by molar-refractivity contribution is 0.318. The van der Waals surface area contributed by atoms with E-state index in [9.17, 15) is 12.8 Å². The van der Waals surface area contributed by atoms with Gasteiger partial charge in [-0.05, 0) is 49.2 Å². The van der Waals surface area contributed by atoms with Gasteiger partial charge in [-0.15, -0.1) is 0 Å². The topological polar surface area (TPSA) is 104 Å². The van der Waals surface area contributed by atoms with Crippen molar-refractivity contribution in [1.82, 2.24) is 4.98 Å². The zero-order valence-electron chi connectivity index (χ0n) is 17.2. The van der Waals surface area contributed by atoms with Gasteiger partial charge in [-0.25, -0.2) is 9.37 Å². The van der Waals surface area contributed by atoms with Gasteiger partial charge in [-0.2, -0.15) is 8.42 Å². The molecule has 0 aliphatic rings. The van der Waals surface area contributed by atoms with Crippen LogP contribution < -0.4 is 15.8 Å². The minimum absolute atomic E-state index is 0.0724. The van der Waals surface area contributed by atoms with Gasteiger partial charge in [-0.1, -0.05) is 24.3 Å². The Morgan fingerprint density at radius 3 is 2.81 bits per heavy atom. The maximum absolute atomic E-state index is 12.6. The van der Waals surface area contributed by atoms with E-state index in [1.54, 1.807) is 24.3 Å². The van der Waals surface area contributed by atoms with Gasteiger partial charge in [0.05, 0.1) is 28.0 Å². The van der Waals surface area contributed by atoms with Crippen LogP contribution in [0, 0.1) is 6.92 Å². The molecule has 0 aliphatic carbocycles. The molecule has 3 rings (SSSR count). The Labute approximate surface area is 184 Å². The molecule has 0 radical (unpaired) electrons. The lowest BCUT2D eigenvalue weighted by Gasteiger charge is -2.10. The highest BCUT2D eigenvalue weighted by molar-refractivity contribution is 7.86. The van der Waals surface area contributed by atoms with E-state index in [1.807, 2.05) is 19.9 Å². The average Bonchev–Trinajstić information content (AvgIpc) is 3.16. The SMILES string of the molecule is CCCOS(=O)(=O)c1ccc(C)c(Nc2nc3ccc(OC/C(=C/F)CN)cc3s2)c1. The normalized spacial score (nSPS) is 12.3. The van der Waals surface area contributed by atoms with E-state index in [4.69, 9.17) is 14.7 Å². The first-order valence-corrected chi connectivity index (χ1v) is 11.9. The van der Waals surface area contributed by atoms with Crippen LogP contribution in [-0.4, -0.2) is 33.2 Å². The van der Waals surface area contributed by atoms with Crippen LogP contribution in [-0.2, 0) is 14.3 Å². The molecule has 0 aliphatic heterocycles. The van der Waals surface area contributed by atoms with E-state index >= 15 is 0 Å². The number of aryl methyl sites for hydroxylation is 1. The number of fused-ring (bicyclic) bond motifs is 1. The maximum Gasteiger partial charge on any atom is 0.297 e. The van der Waals surface area contributed by atoms with Gasteiger partial charge in [0.2, 0.25) is 0 Å². The van der Waals surface area contributed by atoms with Crippen molar-refractivity contribution in [2.45, 2.75) is 25.2 Å². The predicted molar refractivity (Wildman–Crippen MR) is 121 cm³/mol. The van der Waals surface area contributed by atoms with Gasteiger partial charge in [0, 0.05) is 17.8 Å². The summed E-state index contributed by atoms with van der Waals surface area (Å²) in [7, 11) is -3.82. The molecule has 0 unspecified atom stereocenters. The zero-order valence-corrected chi connectivity index (χ0v) is 18.9. The monoisotopic (exact) mass is 465 g/mol. The molecule has 0 atom stereocenters. The van der Waals surface area contributed by atoms with E-state index in [2.05, 4.69) is 10.3 Å². The average molecular weight is 466 g/mol. The fourth-order valence-electron chi connectivity index (χ4n) is 2.63. The van der Waals surface area contributed by atoms with Crippen molar-refractivity contribution in [1.29, 1.82) is 0 Å². The Kier molecular flexibility index (Phi) is 7.60. The molecule has 10 heteroatoms. The summed E-state index contributed by atoms with van der Waals surface area (Å²) in [6, 6.07) is 10.2. The zero-order chi connectivity index (χ0) is 22.4. The number of ether oxygens (including phenoxy) is 1. The van der Waals surface area contributed by atoms with Crippen LogP contribution in [0.5, 0.6) is 5.75 Å². The lowest BCUT2D eigenvalue weighted by atomic mass is 10.2. The largest absolute Gasteiger partial charge is 0.489 e. The van der Waals surface area contributed by atoms with E-state index in [0.29, 0.717) is 34.9 Å². The number of thiazole rings is 1. The lowest BCUT2D eigenvalue weighted by Crippen LogP contribution is -2.10. The van der Waals surface area contributed by atoms with Gasteiger partial charge in [0.25, 0.3) is 10.1 Å². The highest BCUT2D eigenvalue weighted by Gasteiger charge is 2.17. The summed E-state index contributed by atoms with van der Waals surface area (Å²) in [4.78, 5) is 4.62. The summed E-state index contributed by atoms with van der Waals surface area (Å²) in [6.45, 7) is 4.01. The third-order valence-electron chi connectivity index (χ3n) is 4.38. The molecule has 1 heterocycles. The summed E-state index contributed by atoms with van der Waals surface area (Å²) in [6.07, 6.45) is 1.06. The molecule has 0 fully saturated rings. The molecule has 0 spiro atoms. The molecule has 0 amide bonds. The van der Waals surface area contributed by atoms with E-state index in [-0.39, 0.29) is 24.7 Å². The van der Waals surface area contributed by atoms with Crippen molar-refractivity contribution < 1.29 is 21.7 Å². The highest BCUT2D eigenvalue weighted by Crippen LogP contribution is 2.32. The number of hydrogen-bond acceptors (Lipinski definition) is 8. The maximum atomic E-state index is 12.6. The van der Waals surface area contributed by atoms with Crippen LogP contribution in [0.3, 0.4) is 0 Å². The fraction of sp³-hybridized carbons (Fsp3) is 0.286. The second kappa shape index (κ2) is 10.2. The first kappa shape index (κ1) is 23.1. The third-order valence-corrected chi connectivity index (χ3v) is 6.62. The second-order valence-corrected chi connectivity index (χ2v) is 9.43. The van der Waals surface area contributed by atoms with E-state index in [1.165, 1.54) is 17.4 Å². The molecule has 2 aromatic carbocycles. The number of hydrogen-bond donors (Lipinski definition) is 2. The van der Waals surface area contributed by atoms with Crippen molar-refractivity contribution in [3.05, 3.63) is 53.9 Å². The molecule has 1 aromatic heterocycles. The molecule has 0 saturated heterocycles. The molecule has 31 heavy (non-hydrogen) atoms. The molecule has 3 aromatic rings. The van der Waals surface area contributed by atoms with Gasteiger partial charge in [-0.3, -0.25) is 4.18 Å². The van der Waals surface area contributed by atoms with Crippen molar-refractivity contribution in [2.75, 3.05) is 25.1 Å². The number of aromatic nitrogens is 1. The van der Waals surface area contributed by atoms with Crippen LogP contribution in [0.15, 0.2) is 53.2 Å². The Morgan fingerprint density at radius 2 is 2.10 bits per heavy atom. The summed E-state index contributed by atoms with van der Waals surface area (Å²) in [5.74, 6) is 0.577. The summed E-state index contributed by atoms with van der Waals surface area (Å²) in [5.41, 5.74) is 8.04. The third kappa shape index (κ3) is 5.79. The van der Waals surface area contributed by atoms with Crippen LogP contribution in [0.25, 0.3) is 10.2 Å². The quantitative estimate of drug-likeness (QED) is 0.420. The minimum Gasteiger partial charge on any atom is -0.489 e. The standard InChI is InChI=1S/C21H24FN3O4S2/c1-3-8-29-31(26,27)17-6-4-14(2)19(10-17)25-21-24-18-7-5-16(9-20(18)30-21)28-13-15(11-22)12-23/h4-7,9-11H,3,8,12-13,23H2,1-2H3,(H,24,25)/b15-11+. The molecular formula is C21H24FN3O4S2. The Morgan fingerprint density at radius 1 is 1.29 bits per heavy atom. The molecule has 3 N–H and O–H groups in total. The minimum atomic E-state index is -3.82. The molecular weight excluding hydrogens is 441 g/mol. The smallest absolute Gasteiger partial charge is 0.297 e. The molecule has 0 saturated carbocycles. The van der Waals surface area contributed by atoms with Crippen LogP contribution in [0.1, 0.15) is 18.9 Å². The highest BCUT2D eigenvalue weighted by atomic mass is 32.2. The van der Waals surface area contributed by atoms with Crippen LogP contribution in [0.4, 0.5) is 15.2 Å². The molecule has 0 bridgehead atoms. The number of nitrogens with two attached hydrogens (primary N) is 1. The van der Waals surface area contributed by atoms with Gasteiger partial charge < -0.3 is 15.8 Å². The summed E-state index contributed by atoms with van der Waals surface area (Å²) >= 11 is 1.39. The van der Waals surface area contributed by atoms with E-state index < -0.39 is 10.1 Å².